The van der Waals surface area contributed by atoms with Crippen LogP contribution in [0.5, 0.6) is 0 Å². The average Bonchev–Trinajstić information content (AvgIpc) is 2.68. The summed E-state index contributed by atoms with van der Waals surface area (Å²) in [7, 11) is 3.98. The largest absolute Gasteiger partial charge is 0.378 e. The molecule has 0 unspecified atom stereocenters. The molecule has 26 heavy (non-hydrogen) atoms. The molecule has 6 heteroatoms. The first-order chi connectivity index (χ1) is 12.5. The van der Waals surface area contributed by atoms with Crippen LogP contribution < -0.4 is 10.2 Å². The van der Waals surface area contributed by atoms with Gasteiger partial charge in [-0.05, 0) is 37.1 Å². The first-order valence-electron chi connectivity index (χ1n) is 9.66. The second-order valence-electron chi connectivity index (χ2n) is 7.52. The van der Waals surface area contributed by atoms with Gasteiger partial charge in [0.15, 0.2) is 0 Å². The van der Waals surface area contributed by atoms with Crippen molar-refractivity contribution < 1.29 is 9.59 Å². The molecular weight excluding hydrogens is 328 g/mol. The maximum atomic E-state index is 12.6. The second-order valence-corrected chi connectivity index (χ2v) is 7.52. The van der Waals surface area contributed by atoms with Crippen molar-refractivity contribution in [2.24, 2.45) is 5.92 Å². The summed E-state index contributed by atoms with van der Waals surface area (Å²) in [6, 6.07) is 7.70. The Kier molecular flexibility index (Phi) is 6.01. The quantitative estimate of drug-likeness (QED) is 0.904. The van der Waals surface area contributed by atoms with Crippen molar-refractivity contribution in [2.75, 3.05) is 50.5 Å². The van der Waals surface area contributed by atoms with E-state index in [-0.39, 0.29) is 11.9 Å². The van der Waals surface area contributed by atoms with Crippen LogP contribution in [0.1, 0.15) is 32.1 Å². The molecule has 1 aliphatic heterocycles. The van der Waals surface area contributed by atoms with E-state index in [1.807, 2.05) is 48.2 Å². The number of amides is 3. The van der Waals surface area contributed by atoms with Crippen LogP contribution in [0.25, 0.3) is 0 Å². The molecule has 1 heterocycles. The van der Waals surface area contributed by atoms with E-state index in [1.165, 1.54) is 19.3 Å². The molecular formula is C20H30N4O2. The first-order valence-corrected chi connectivity index (χ1v) is 9.66. The number of hydrogen-bond donors (Lipinski definition) is 1. The highest BCUT2D eigenvalue weighted by Gasteiger charge is 2.29. The van der Waals surface area contributed by atoms with Crippen LogP contribution in [0.15, 0.2) is 24.3 Å². The lowest BCUT2D eigenvalue weighted by atomic mass is 9.88. The summed E-state index contributed by atoms with van der Waals surface area (Å²) in [5, 5.41) is 2.95. The summed E-state index contributed by atoms with van der Waals surface area (Å²) < 4.78 is 0. The summed E-state index contributed by atoms with van der Waals surface area (Å²) in [4.78, 5) is 30.8. The molecule has 0 aromatic heterocycles. The summed E-state index contributed by atoms with van der Waals surface area (Å²) in [5.41, 5.74) is 1.89. The van der Waals surface area contributed by atoms with Gasteiger partial charge >= 0.3 is 6.03 Å². The zero-order valence-electron chi connectivity index (χ0n) is 15.9. The number of benzene rings is 1. The number of anilines is 2. The normalized spacial score (nSPS) is 18.5. The monoisotopic (exact) mass is 358 g/mol. The molecule has 1 aromatic rings. The van der Waals surface area contributed by atoms with Crippen LogP contribution in [0, 0.1) is 5.92 Å². The molecule has 0 bridgehead atoms. The molecule has 0 radical (unpaired) electrons. The van der Waals surface area contributed by atoms with Gasteiger partial charge in [0.25, 0.3) is 0 Å². The van der Waals surface area contributed by atoms with Gasteiger partial charge in [0.2, 0.25) is 5.91 Å². The van der Waals surface area contributed by atoms with Crippen LogP contribution in [0.4, 0.5) is 16.2 Å². The van der Waals surface area contributed by atoms with E-state index in [2.05, 4.69) is 5.32 Å². The Labute approximate surface area is 156 Å². The highest BCUT2D eigenvalue weighted by molar-refractivity contribution is 5.89. The van der Waals surface area contributed by atoms with E-state index in [0.29, 0.717) is 32.1 Å². The molecule has 1 N–H and O–H groups in total. The Hall–Kier alpha value is -2.24. The van der Waals surface area contributed by atoms with Gasteiger partial charge in [-0.25, -0.2) is 4.79 Å². The van der Waals surface area contributed by atoms with Gasteiger partial charge in [-0.1, -0.05) is 19.3 Å². The summed E-state index contributed by atoms with van der Waals surface area (Å²) in [6.45, 7) is 2.48. The van der Waals surface area contributed by atoms with E-state index in [9.17, 15) is 9.59 Å². The second kappa shape index (κ2) is 8.43. The highest BCUT2D eigenvalue weighted by atomic mass is 16.2. The third kappa shape index (κ3) is 4.48. The fourth-order valence-corrected chi connectivity index (χ4v) is 3.78. The number of nitrogens with one attached hydrogen (secondary N) is 1. The molecule has 0 spiro atoms. The standard InChI is InChI=1S/C20H30N4O2/c1-22(2)18-10-8-17(9-11-18)21-20(26)24-14-12-23(13-15-24)19(25)16-6-4-3-5-7-16/h8-11,16H,3-7,12-15H2,1-2H3,(H,21,26). The lowest BCUT2D eigenvalue weighted by Crippen LogP contribution is -2.53. The molecule has 3 rings (SSSR count). The van der Waals surface area contributed by atoms with Crippen LogP contribution in [0.2, 0.25) is 0 Å². The predicted molar refractivity (Wildman–Crippen MR) is 105 cm³/mol. The van der Waals surface area contributed by atoms with Gasteiger partial charge in [0, 0.05) is 57.6 Å². The van der Waals surface area contributed by atoms with E-state index in [1.54, 1.807) is 4.90 Å². The SMILES string of the molecule is CN(C)c1ccc(NC(=O)N2CCN(C(=O)C3CCCCC3)CC2)cc1. The molecule has 3 amide bonds. The third-order valence-corrected chi connectivity index (χ3v) is 5.47. The lowest BCUT2D eigenvalue weighted by molar-refractivity contribution is -0.138. The van der Waals surface area contributed by atoms with E-state index >= 15 is 0 Å². The van der Waals surface area contributed by atoms with E-state index in [4.69, 9.17) is 0 Å². The van der Waals surface area contributed by atoms with Gasteiger partial charge in [-0.15, -0.1) is 0 Å². The number of piperazine rings is 1. The molecule has 1 saturated carbocycles. The maximum absolute atomic E-state index is 12.6. The Morgan fingerprint density at radius 2 is 1.50 bits per heavy atom. The number of carbonyl (C=O) groups excluding carboxylic acids is 2. The first kappa shape index (κ1) is 18.5. The molecule has 6 nitrogen and oxygen atoms in total. The summed E-state index contributed by atoms with van der Waals surface area (Å²) in [6.07, 6.45) is 5.66. The van der Waals surface area contributed by atoms with Crippen LogP contribution in [0.3, 0.4) is 0 Å². The molecule has 1 saturated heterocycles. The van der Waals surface area contributed by atoms with Crippen LogP contribution in [-0.2, 0) is 4.79 Å². The molecule has 0 atom stereocenters. The van der Waals surface area contributed by atoms with Gasteiger partial charge in [0.1, 0.15) is 0 Å². The highest BCUT2D eigenvalue weighted by Crippen LogP contribution is 2.26. The van der Waals surface area contributed by atoms with Crippen molar-refractivity contribution in [3.8, 4) is 0 Å². The van der Waals surface area contributed by atoms with Gasteiger partial charge in [-0.2, -0.15) is 0 Å². The third-order valence-electron chi connectivity index (χ3n) is 5.47. The number of carbonyl (C=O) groups is 2. The lowest BCUT2D eigenvalue weighted by Gasteiger charge is -2.37. The summed E-state index contributed by atoms with van der Waals surface area (Å²) in [5.74, 6) is 0.503. The van der Waals surface area contributed by atoms with Crippen LogP contribution >= 0.6 is 0 Å². The number of hydrogen-bond acceptors (Lipinski definition) is 3. The van der Waals surface area contributed by atoms with Crippen molar-refractivity contribution in [1.82, 2.24) is 9.80 Å². The van der Waals surface area contributed by atoms with Crippen molar-refractivity contribution in [2.45, 2.75) is 32.1 Å². The van der Waals surface area contributed by atoms with E-state index < -0.39 is 0 Å². The van der Waals surface area contributed by atoms with Gasteiger partial charge in [0.05, 0.1) is 0 Å². The fourth-order valence-electron chi connectivity index (χ4n) is 3.78. The minimum absolute atomic E-state index is 0.0904. The van der Waals surface area contributed by atoms with E-state index in [0.717, 1.165) is 24.2 Å². The molecule has 1 aliphatic carbocycles. The number of rotatable bonds is 3. The van der Waals surface area contributed by atoms with Crippen molar-refractivity contribution >= 4 is 23.3 Å². The zero-order chi connectivity index (χ0) is 18.5. The van der Waals surface area contributed by atoms with Crippen LogP contribution in [-0.4, -0.2) is 62.0 Å². The minimum atomic E-state index is -0.0904. The Morgan fingerprint density at radius 3 is 2.08 bits per heavy atom. The number of nitrogens with zero attached hydrogens (tertiary/aromatic N) is 3. The maximum Gasteiger partial charge on any atom is 0.321 e. The molecule has 1 aromatic carbocycles. The molecule has 142 valence electrons. The summed E-state index contributed by atoms with van der Waals surface area (Å²) >= 11 is 0. The molecule has 2 fully saturated rings. The van der Waals surface area contributed by atoms with Gasteiger partial charge in [-0.3, -0.25) is 4.79 Å². The molecule has 2 aliphatic rings. The predicted octanol–water partition coefficient (Wildman–Crippen LogP) is 3.01. The average molecular weight is 358 g/mol. The van der Waals surface area contributed by atoms with Crippen molar-refractivity contribution in [1.29, 1.82) is 0 Å². The van der Waals surface area contributed by atoms with Gasteiger partial charge < -0.3 is 20.0 Å². The Balaban J connectivity index is 1.48. The topological polar surface area (TPSA) is 55.9 Å². The Bertz CT molecular complexity index is 615. The fraction of sp³-hybridized carbons (Fsp3) is 0.600. The minimum Gasteiger partial charge on any atom is -0.378 e. The number of urea groups is 1. The Morgan fingerprint density at radius 1 is 0.923 bits per heavy atom. The van der Waals surface area contributed by atoms with Crippen molar-refractivity contribution in [3.05, 3.63) is 24.3 Å². The smallest absolute Gasteiger partial charge is 0.321 e. The zero-order valence-corrected chi connectivity index (χ0v) is 15.9. The van der Waals surface area contributed by atoms with Crippen molar-refractivity contribution in [3.63, 3.8) is 0 Å².